The maximum Gasteiger partial charge on any atom is 0.222 e. The molecule has 1 unspecified atom stereocenters. The lowest BCUT2D eigenvalue weighted by Crippen LogP contribution is -2.34. The summed E-state index contributed by atoms with van der Waals surface area (Å²) in [5.41, 5.74) is 5.74. The molecule has 0 aliphatic carbocycles. The van der Waals surface area contributed by atoms with E-state index < -0.39 is 0 Å². The average molecular weight is 242 g/mol. The van der Waals surface area contributed by atoms with E-state index in [1.165, 1.54) is 0 Å². The standard InChI is InChI=1S/C14H30N2O/c1-5-7-8-16(6-2)14(17)10-13(11-15)9-12(3)4/h12-13H,5-11,15H2,1-4H3. The van der Waals surface area contributed by atoms with Crippen molar-refractivity contribution in [2.75, 3.05) is 19.6 Å². The van der Waals surface area contributed by atoms with Crippen LogP contribution in [0.15, 0.2) is 0 Å². The highest BCUT2D eigenvalue weighted by Crippen LogP contribution is 2.15. The number of amides is 1. The average Bonchev–Trinajstić information content (AvgIpc) is 2.28. The van der Waals surface area contributed by atoms with Gasteiger partial charge in [0.1, 0.15) is 0 Å². The van der Waals surface area contributed by atoms with Crippen LogP contribution in [0.1, 0.15) is 53.4 Å². The molecular weight excluding hydrogens is 212 g/mol. The minimum Gasteiger partial charge on any atom is -0.343 e. The van der Waals surface area contributed by atoms with Gasteiger partial charge in [0.2, 0.25) is 5.91 Å². The molecule has 0 radical (unpaired) electrons. The van der Waals surface area contributed by atoms with E-state index in [1.54, 1.807) is 0 Å². The molecule has 1 amide bonds. The van der Waals surface area contributed by atoms with Crippen molar-refractivity contribution in [2.24, 2.45) is 17.6 Å². The second kappa shape index (κ2) is 9.46. The van der Waals surface area contributed by atoms with Gasteiger partial charge in [0.25, 0.3) is 0 Å². The second-order valence-corrected chi connectivity index (χ2v) is 5.26. The van der Waals surface area contributed by atoms with Crippen LogP contribution in [0.5, 0.6) is 0 Å². The summed E-state index contributed by atoms with van der Waals surface area (Å²) in [4.78, 5) is 14.1. The van der Waals surface area contributed by atoms with Gasteiger partial charge >= 0.3 is 0 Å². The van der Waals surface area contributed by atoms with Gasteiger partial charge in [-0.1, -0.05) is 27.2 Å². The van der Waals surface area contributed by atoms with Crippen molar-refractivity contribution in [3.63, 3.8) is 0 Å². The van der Waals surface area contributed by atoms with E-state index in [0.29, 0.717) is 24.8 Å². The minimum absolute atomic E-state index is 0.275. The number of nitrogens with zero attached hydrogens (tertiary/aromatic N) is 1. The molecule has 17 heavy (non-hydrogen) atoms. The number of hydrogen-bond donors (Lipinski definition) is 1. The molecule has 0 heterocycles. The second-order valence-electron chi connectivity index (χ2n) is 5.26. The molecule has 0 saturated heterocycles. The number of carbonyl (C=O) groups excluding carboxylic acids is 1. The summed E-state index contributed by atoms with van der Waals surface area (Å²) in [5.74, 6) is 1.23. The first-order chi connectivity index (χ1) is 8.04. The zero-order chi connectivity index (χ0) is 13.3. The lowest BCUT2D eigenvalue weighted by atomic mass is 9.94. The van der Waals surface area contributed by atoms with Crippen LogP contribution in [0, 0.1) is 11.8 Å². The molecule has 102 valence electrons. The number of rotatable bonds is 9. The van der Waals surface area contributed by atoms with Crippen molar-refractivity contribution in [3.8, 4) is 0 Å². The SMILES string of the molecule is CCCCN(CC)C(=O)CC(CN)CC(C)C. The Bertz CT molecular complexity index is 204. The maximum atomic E-state index is 12.1. The molecule has 0 aromatic carbocycles. The Kier molecular flexibility index (Phi) is 9.14. The molecule has 0 rings (SSSR count). The largest absolute Gasteiger partial charge is 0.343 e. The predicted molar refractivity (Wildman–Crippen MR) is 73.8 cm³/mol. The molecule has 0 saturated carbocycles. The normalized spacial score (nSPS) is 12.8. The summed E-state index contributed by atoms with van der Waals surface area (Å²) in [6.07, 6.45) is 3.90. The van der Waals surface area contributed by atoms with Crippen molar-refractivity contribution < 1.29 is 4.79 Å². The predicted octanol–water partition coefficient (Wildman–Crippen LogP) is 2.65. The molecule has 0 aromatic heterocycles. The van der Waals surface area contributed by atoms with Gasteiger partial charge in [-0.2, -0.15) is 0 Å². The molecule has 0 bridgehead atoms. The molecule has 3 heteroatoms. The molecule has 0 aromatic rings. The smallest absolute Gasteiger partial charge is 0.222 e. The van der Waals surface area contributed by atoms with Crippen LogP contribution in [0.4, 0.5) is 0 Å². The van der Waals surface area contributed by atoms with E-state index >= 15 is 0 Å². The van der Waals surface area contributed by atoms with Gasteiger partial charge in [-0.15, -0.1) is 0 Å². The quantitative estimate of drug-likeness (QED) is 0.675. The lowest BCUT2D eigenvalue weighted by Gasteiger charge is -2.24. The van der Waals surface area contributed by atoms with Crippen molar-refractivity contribution in [1.29, 1.82) is 0 Å². The van der Waals surface area contributed by atoms with Gasteiger partial charge in [0.15, 0.2) is 0 Å². The third-order valence-electron chi connectivity index (χ3n) is 3.12. The van der Waals surface area contributed by atoms with Gasteiger partial charge in [-0.3, -0.25) is 4.79 Å². The fourth-order valence-corrected chi connectivity index (χ4v) is 2.11. The Morgan fingerprint density at radius 2 is 1.94 bits per heavy atom. The first-order valence-electron chi connectivity index (χ1n) is 7.02. The van der Waals surface area contributed by atoms with Crippen molar-refractivity contribution in [3.05, 3.63) is 0 Å². The van der Waals surface area contributed by atoms with Gasteiger partial charge < -0.3 is 10.6 Å². The maximum absolute atomic E-state index is 12.1. The molecule has 1 atom stereocenters. The van der Waals surface area contributed by atoms with Crippen LogP contribution in [0.3, 0.4) is 0 Å². The zero-order valence-electron chi connectivity index (χ0n) is 12.0. The Morgan fingerprint density at radius 1 is 1.29 bits per heavy atom. The summed E-state index contributed by atoms with van der Waals surface area (Å²) in [7, 11) is 0. The van der Waals surface area contributed by atoms with Gasteiger partial charge in [-0.25, -0.2) is 0 Å². The fraction of sp³-hybridized carbons (Fsp3) is 0.929. The summed E-state index contributed by atoms with van der Waals surface area (Å²) in [5, 5.41) is 0. The molecular formula is C14H30N2O. The van der Waals surface area contributed by atoms with E-state index in [1.807, 2.05) is 11.8 Å². The van der Waals surface area contributed by atoms with E-state index in [4.69, 9.17) is 5.73 Å². The Hall–Kier alpha value is -0.570. The number of carbonyl (C=O) groups is 1. The zero-order valence-corrected chi connectivity index (χ0v) is 12.0. The molecule has 3 nitrogen and oxygen atoms in total. The molecule has 0 fully saturated rings. The van der Waals surface area contributed by atoms with E-state index in [0.717, 1.165) is 32.4 Å². The first kappa shape index (κ1) is 16.4. The number of unbranched alkanes of at least 4 members (excludes halogenated alkanes) is 1. The minimum atomic E-state index is 0.275. The van der Waals surface area contributed by atoms with E-state index in [-0.39, 0.29) is 5.91 Å². The van der Waals surface area contributed by atoms with Crippen LogP contribution in [-0.4, -0.2) is 30.4 Å². The van der Waals surface area contributed by atoms with Gasteiger partial charge in [-0.05, 0) is 38.1 Å². The highest BCUT2D eigenvalue weighted by molar-refractivity contribution is 5.76. The van der Waals surface area contributed by atoms with E-state index in [9.17, 15) is 4.79 Å². The molecule has 0 aliphatic rings. The topological polar surface area (TPSA) is 46.3 Å². The van der Waals surface area contributed by atoms with Crippen molar-refractivity contribution in [1.82, 2.24) is 4.90 Å². The highest BCUT2D eigenvalue weighted by atomic mass is 16.2. The van der Waals surface area contributed by atoms with Crippen LogP contribution in [-0.2, 0) is 4.79 Å². The third-order valence-corrected chi connectivity index (χ3v) is 3.12. The Balaban J connectivity index is 4.16. The van der Waals surface area contributed by atoms with Crippen molar-refractivity contribution in [2.45, 2.75) is 53.4 Å². The van der Waals surface area contributed by atoms with Gasteiger partial charge in [0, 0.05) is 19.5 Å². The lowest BCUT2D eigenvalue weighted by molar-refractivity contribution is -0.132. The summed E-state index contributed by atoms with van der Waals surface area (Å²) >= 11 is 0. The van der Waals surface area contributed by atoms with Crippen LogP contribution < -0.4 is 5.73 Å². The summed E-state index contributed by atoms with van der Waals surface area (Å²) in [6, 6.07) is 0. The summed E-state index contributed by atoms with van der Waals surface area (Å²) < 4.78 is 0. The van der Waals surface area contributed by atoms with Crippen molar-refractivity contribution >= 4 is 5.91 Å². The van der Waals surface area contributed by atoms with Crippen LogP contribution in [0.25, 0.3) is 0 Å². The summed E-state index contributed by atoms with van der Waals surface area (Å²) in [6.45, 7) is 10.9. The number of nitrogens with two attached hydrogens (primary N) is 1. The molecule has 0 aliphatic heterocycles. The highest BCUT2D eigenvalue weighted by Gasteiger charge is 2.17. The monoisotopic (exact) mass is 242 g/mol. The van der Waals surface area contributed by atoms with Crippen LogP contribution in [0.2, 0.25) is 0 Å². The fourth-order valence-electron chi connectivity index (χ4n) is 2.11. The number of hydrogen-bond acceptors (Lipinski definition) is 2. The molecule has 2 N–H and O–H groups in total. The first-order valence-corrected chi connectivity index (χ1v) is 7.02. The van der Waals surface area contributed by atoms with E-state index in [2.05, 4.69) is 20.8 Å². The third kappa shape index (κ3) is 7.37. The Morgan fingerprint density at radius 3 is 2.35 bits per heavy atom. The van der Waals surface area contributed by atoms with Crippen LogP contribution >= 0.6 is 0 Å². The Labute approximate surface area is 107 Å². The van der Waals surface area contributed by atoms with Gasteiger partial charge in [0.05, 0.1) is 0 Å². The molecule has 0 spiro atoms.